The molecular weight excluding hydrogens is 328 g/mol. The second-order valence-corrected chi connectivity index (χ2v) is 7.95. The molecule has 3 N–H and O–H groups in total. The molecule has 1 aromatic heterocycles. The number of likely N-dealkylation sites (tertiary alicyclic amines) is 1. The lowest BCUT2D eigenvalue weighted by Gasteiger charge is -2.26. The molecule has 1 aromatic rings. The number of nitrogens with one attached hydrogen (secondary N) is 1. The summed E-state index contributed by atoms with van der Waals surface area (Å²) in [7, 11) is 0. The monoisotopic (exact) mass is 350 g/mol. The first-order valence-corrected chi connectivity index (χ1v) is 9.27. The van der Waals surface area contributed by atoms with Gasteiger partial charge in [0.25, 0.3) is 0 Å². The van der Waals surface area contributed by atoms with E-state index in [1.165, 1.54) is 0 Å². The Morgan fingerprint density at radius 1 is 1.62 bits per heavy atom. The predicted octanol–water partition coefficient (Wildman–Crippen LogP) is 0.0324. The lowest BCUT2D eigenvalue weighted by atomic mass is 9.73. The molecule has 4 atom stereocenters. The molecule has 3 aliphatic rings. The van der Waals surface area contributed by atoms with Crippen LogP contribution < -0.4 is 11.1 Å². The van der Waals surface area contributed by atoms with Gasteiger partial charge in [-0.15, -0.1) is 11.3 Å². The second kappa shape index (κ2) is 5.79. The van der Waals surface area contributed by atoms with Crippen LogP contribution >= 0.6 is 11.3 Å². The molecule has 0 saturated carbocycles. The van der Waals surface area contributed by atoms with Gasteiger partial charge in [0, 0.05) is 18.5 Å². The zero-order chi connectivity index (χ0) is 16.9. The minimum absolute atomic E-state index is 0.0207. The summed E-state index contributed by atoms with van der Waals surface area (Å²) in [6.07, 6.45) is 1.55. The van der Waals surface area contributed by atoms with E-state index in [0.717, 1.165) is 23.5 Å². The Labute approximate surface area is 144 Å². The maximum Gasteiger partial charge on any atom is 0.229 e. The van der Waals surface area contributed by atoms with Gasteiger partial charge in [-0.25, -0.2) is 4.98 Å². The minimum Gasteiger partial charge on any atom is -0.368 e. The fourth-order valence-corrected chi connectivity index (χ4v) is 5.08. The van der Waals surface area contributed by atoms with E-state index in [0.29, 0.717) is 26.2 Å². The van der Waals surface area contributed by atoms with E-state index in [-0.39, 0.29) is 23.8 Å². The predicted molar refractivity (Wildman–Crippen MR) is 88.2 cm³/mol. The smallest absolute Gasteiger partial charge is 0.229 e. The molecule has 0 radical (unpaired) electrons. The number of ether oxygens (including phenoxy) is 1. The van der Waals surface area contributed by atoms with Crippen LogP contribution in [0, 0.1) is 18.8 Å². The lowest BCUT2D eigenvalue weighted by Crippen LogP contribution is -2.45. The first-order valence-electron chi connectivity index (χ1n) is 8.39. The number of rotatable bonds is 5. The summed E-state index contributed by atoms with van der Waals surface area (Å²) in [6, 6.07) is 0. The highest BCUT2D eigenvalue weighted by Crippen LogP contribution is 2.55. The largest absolute Gasteiger partial charge is 0.368 e. The van der Waals surface area contributed by atoms with Crippen LogP contribution in [0.1, 0.15) is 23.5 Å². The number of nitrogens with zero attached hydrogens (tertiary/aromatic N) is 2. The highest BCUT2D eigenvalue weighted by molar-refractivity contribution is 7.09. The maximum absolute atomic E-state index is 12.8. The molecular formula is C16H22N4O3S. The molecule has 0 aliphatic carbocycles. The zero-order valence-corrected chi connectivity index (χ0v) is 14.5. The van der Waals surface area contributed by atoms with Crippen LogP contribution in [0.15, 0.2) is 5.38 Å². The molecule has 2 bridgehead atoms. The number of amides is 2. The van der Waals surface area contributed by atoms with Crippen molar-refractivity contribution in [3.63, 3.8) is 0 Å². The van der Waals surface area contributed by atoms with Crippen LogP contribution in [0.3, 0.4) is 0 Å². The van der Waals surface area contributed by atoms with Crippen molar-refractivity contribution in [2.75, 3.05) is 19.6 Å². The van der Waals surface area contributed by atoms with Gasteiger partial charge in [0.2, 0.25) is 11.8 Å². The molecule has 1 spiro atoms. The molecule has 7 nitrogen and oxygen atoms in total. The van der Waals surface area contributed by atoms with Gasteiger partial charge in [-0.05, 0) is 19.8 Å². The number of carbonyl (C=O) groups is 2. The quantitative estimate of drug-likeness (QED) is 0.781. The normalized spacial score (nSPS) is 34.0. The summed E-state index contributed by atoms with van der Waals surface area (Å²) < 4.78 is 6.14. The van der Waals surface area contributed by atoms with Gasteiger partial charge in [0.05, 0.1) is 47.3 Å². The highest BCUT2D eigenvalue weighted by atomic mass is 32.1. The minimum atomic E-state index is -0.476. The fraction of sp³-hybridized carbons (Fsp3) is 0.688. The van der Waals surface area contributed by atoms with Gasteiger partial charge >= 0.3 is 0 Å². The topological polar surface area (TPSA) is 97.5 Å². The van der Waals surface area contributed by atoms with E-state index >= 15 is 0 Å². The number of carbonyl (C=O) groups excluding carboxylic acids is 2. The van der Waals surface area contributed by atoms with E-state index in [2.05, 4.69) is 10.3 Å². The molecule has 0 unspecified atom stereocenters. The average molecular weight is 350 g/mol. The summed E-state index contributed by atoms with van der Waals surface area (Å²) in [5.74, 6) is -0.832. The van der Waals surface area contributed by atoms with Gasteiger partial charge in [0.1, 0.15) is 0 Å². The molecule has 3 saturated heterocycles. The first-order chi connectivity index (χ1) is 11.5. The molecule has 130 valence electrons. The van der Waals surface area contributed by atoms with E-state index in [4.69, 9.17) is 10.5 Å². The van der Waals surface area contributed by atoms with Crippen LogP contribution in [0.4, 0.5) is 0 Å². The number of nitrogens with two attached hydrogens (primary N) is 1. The molecule has 0 aromatic carbocycles. The standard InChI is InChI=1S/C16H22N4O3S/c1-9-19-10(7-24-9)6-18-14(21)12-11-2-3-16(23-11)8-20(5-4-17)15(22)13(12)16/h7,11-13H,2-6,8,17H2,1H3,(H,18,21)/t11-,12-,13+,16-/m0/s1. The Hall–Kier alpha value is -1.51. The number of thiazole rings is 1. The van der Waals surface area contributed by atoms with Crippen molar-refractivity contribution in [1.29, 1.82) is 0 Å². The number of hydrogen-bond acceptors (Lipinski definition) is 6. The van der Waals surface area contributed by atoms with Gasteiger partial charge in [-0.3, -0.25) is 9.59 Å². The Bertz CT molecular complexity index is 678. The third kappa shape index (κ3) is 2.35. The summed E-state index contributed by atoms with van der Waals surface area (Å²) >= 11 is 1.56. The van der Waals surface area contributed by atoms with Gasteiger partial charge < -0.3 is 20.7 Å². The SMILES string of the molecule is Cc1nc(CNC(=O)[C@H]2[C@@H]3CC[C@@]4(CN(CCN)C(=O)[C@@H]24)O3)cs1. The van der Waals surface area contributed by atoms with E-state index in [1.807, 2.05) is 12.3 Å². The van der Waals surface area contributed by atoms with Crippen LogP contribution in [-0.2, 0) is 20.9 Å². The maximum atomic E-state index is 12.8. The van der Waals surface area contributed by atoms with E-state index in [1.54, 1.807) is 16.2 Å². The zero-order valence-electron chi connectivity index (χ0n) is 13.7. The summed E-state index contributed by atoms with van der Waals surface area (Å²) in [6.45, 7) is 3.86. The molecule has 2 amide bonds. The van der Waals surface area contributed by atoms with Gasteiger partial charge in [0.15, 0.2) is 0 Å². The fourth-order valence-electron chi connectivity index (χ4n) is 4.47. The number of fused-ring (bicyclic) bond motifs is 1. The first kappa shape index (κ1) is 16.0. The number of aryl methyl sites for hydroxylation is 1. The third-order valence-corrected chi connectivity index (χ3v) is 6.24. The highest BCUT2D eigenvalue weighted by Gasteiger charge is 2.68. The Balaban J connectivity index is 1.49. The molecule has 8 heteroatoms. The van der Waals surface area contributed by atoms with Crippen molar-refractivity contribution in [2.45, 2.75) is 38.0 Å². The Morgan fingerprint density at radius 2 is 2.46 bits per heavy atom. The average Bonchev–Trinajstić information content (AvgIpc) is 3.28. The van der Waals surface area contributed by atoms with Crippen molar-refractivity contribution in [3.8, 4) is 0 Å². The van der Waals surface area contributed by atoms with E-state index in [9.17, 15) is 9.59 Å². The van der Waals surface area contributed by atoms with Crippen LogP contribution in [0.25, 0.3) is 0 Å². The molecule has 24 heavy (non-hydrogen) atoms. The number of hydrogen-bond donors (Lipinski definition) is 2. The van der Waals surface area contributed by atoms with Gasteiger partial charge in [-0.2, -0.15) is 0 Å². The van der Waals surface area contributed by atoms with Crippen molar-refractivity contribution < 1.29 is 14.3 Å². The Morgan fingerprint density at radius 3 is 3.17 bits per heavy atom. The van der Waals surface area contributed by atoms with Gasteiger partial charge in [-0.1, -0.05) is 0 Å². The van der Waals surface area contributed by atoms with Crippen molar-refractivity contribution in [3.05, 3.63) is 16.1 Å². The van der Waals surface area contributed by atoms with Crippen LogP contribution in [-0.4, -0.2) is 53.0 Å². The second-order valence-electron chi connectivity index (χ2n) is 6.89. The summed E-state index contributed by atoms with van der Waals surface area (Å²) in [5.41, 5.74) is 5.98. The molecule has 3 fully saturated rings. The molecule has 4 heterocycles. The Kier molecular flexibility index (Phi) is 3.85. The lowest BCUT2D eigenvalue weighted by molar-refractivity contribution is -0.138. The third-order valence-electron chi connectivity index (χ3n) is 5.41. The number of aromatic nitrogens is 1. The molecule has 3 aliphatic heterocycles. The van der Waals surface area contributed by atoms with Crippen molar-refractivity contribution in [1.82, 2.24) is 15.2 Å². The van der Waals surface area contributed by atoms with Crippen LogP contribution in [0.5, 0.6) is 0 Å². The summed E-state index contributed by atoms with van der Waals surface area (Å²) in [4.78, 5) is 31.6. The van der Waals surface area contributed by atoms with E-state index < -0.39 is 11.5 Å². The van der Waals surface area contributed by atoms with Crippen LogP contribution in [0.2, 0.25) is 0 Å². The van der Waals surface area contributed by atoms with Crippen molar-refractivity contribution >= 4 is 23.2 Å². The molecule has 4 rings (SSSR count). The van der Waals surface area contributed by atoms with Crippen molar-refractivity contribution in [2.24, 2.45) is 17.6 Å². The summed E-state index contributed by atoms with van der Waals surface area (Å²) in [5, 5.41) is 5.86.